The summed E-state index contributed by atoms with van der Waals surface area (Å²) < 4.78 is 0. The molecule has 0 aromatic carbocycles. The highest BCUT2D eigenvalue weighted by Gasteiger charge is 2.37. The second kappa shape index (κ2) is 4.00. The average molecular weight is 183 g/mol. The van der Waals surface area contributed by atoms with E-state index in [1.165, 1.54) is 25.7 Å². The van der Waals surface area contributed by atoms with Gasteiger partial charge in [-0.1, -0.05) is 13.8 Å². The molecule has 0 saturated carbocycles. The predicted molar refractivity (Wildman–Crippen MR) is 59.0 cm³/mol. The Morgan fingerprint density at radius 1 is 1.00 bits per heavy atom. The highest BCUT2D eigenvalue weighted by atomic mass is 15.3. The Bertz CT molecular complexity index is 145. The molecule has 2 atom stereocenters. The molecule has 0 amide bonds. The molecule has 1 aliphatic rings. The Morgan fingerprint density at radius 2 is 1.38 bits per heavy atom. The fourth-order valence-corrected chi connectivity index (χ4v) is 2.86. The molecule has 0 bridgehead atoms. The van der Waals surface area contributed by atoms with Crippen LogP contribution in [0, 0.1) is 0 Å². The summed E-state index contributed by atoms with van der Waals surface area (Å²) in [6.07, 6.45) is 5.44. The monoisotopic (exact) mass is 183 g/mol. The normalized spacial score (nSPS) is 31.2. The molecule has 0 aliphatic carbocycles. The van der Waals surface area contributed by atoms with E-state index in [0.717, 1.165) is 12.1 Å². The fourth-order valence-electron chi connectivity index (χ4n) is 2.86. The van der Waals surface area contributed by atoms with Crippen molar-refractivity contribution in [1.29, 1.82) is 0 Å². The van der Waals surface area contributed by atoms with Gasteiger partial charge in [0.25, 0.3) is 0 Å². The lowest BCUT2D eigenvalue weighted by Gasteiger charge is -2.41. The molecular formula is C12H25N. The molecule has 0 N–H and O–H groups in total. The van der Waals surface area contributed by atoms with Gasteiger partial charge in [-0.3, -0.25) is 4.90 Å². The maximum atomic E-state index is 2.74. The zero-order chi connectivity index (χ0) is 10.1. The van der Waals surface area contributed by atoms with Gasteiger partial charge in [0.1, 0.15) is 0 Å². The van der Waals surface area contributed by atoms with Crippen LogP contribution in [0.3, 0.4) is 0 Å². The molecule has 1 heterocycles. The van der Waals surface area contributed by atoms with E-state index in [1.807, 2.05) is 0 Å². The molecule has 0 aromatic rings. The Morgan fingerprint density at radius 3 is 1.62 bits per heavy atom. The lowest BCUT2D eigenvalue weighted by molar-refractivity contribution is 0.0723. The zero-order valence-electron chi connectivity index (χ0n) is 9.93. The largest absolute Gasteiger partial charge is 0.293 e. The third kappa shape index (κ3) is 2.25. The van der Waals surface area contributed by atoms with Crippen molar-refractivity contribution in [3.05, 3.63) is 0 Å². The van der Waals surface area contributed by atoms with Gasteiger partial charge in [0.2, 0.25) is 0 Å². The second-order valence-corrected chi connectivity index (χ2v) is 5.28. The molecule has 1 rings (SSSR count). The topological polar surface area (TPSA) is 3.24 Å². The molecule has 1 aliphatic heterocycles. The van der Waals surface area contributed by atoms with Crippen molar-refractivity contribution in [1.82, 2.24) is 4.90 Å². The standard InChI is InChI=1S/C12H25N/c1-6-10-8-9-11(7-2)13(10)12(3,4)5/h10-11H,6-9H2,1-5H3. The highest BCUT2D eigenvalue weighted by Crippen LogP contribution is 2.34. The molecule has 0 aromatic heterocycles. The Balaban J connectivity index is 2.73. The Labute approximate surface area is 83.5 Å². The van der Waals surface area contributed by atoms with E-state index in [2.05, 4.69) is 39.5 Å². The summed E-state index contributed by atoms with van der Waals surface area (Å²) in [5, 5.41) is 0. The number of hydrogen-bond acceptors (Lipinski definition) is 1. The van der Waals surface area contributed by atoms with Crippen molar-refractivity contribution in [3.8, 4) is 0 Å². The van der Waals surface area contributed by atoms with E-state index in [1.54, 1.807) is 0 Å². The van der Waals surface area contributed by atoms with Gasteiger partial charge in [-0.25, -0.2) is 0 Å². The molecule has 1 heteroatoms. The van der Waals surface area contributed by atoms with E-state index in [4.69, 9.17) is 0 Å². The van der Waals surface area contributed by atoms with E-state index in [-0.39, 0.29) is 0 Å². The van der Waals surface area contributed by atoms with Crippen LogP contribution in [0.4, 0.5) is 0 Å². The molecule has 0 spiro atoms. The molecule has 1 saturated heterocycles. The summed E-state index contributed by atoms with van der Waals surface area (Å²) in [7, 11) is 0. The maximum absolute atomic E-state index is 2.74. The van der Waals surface area contributed by atoms with Crippen LogP contribution in [0.2, 0.25) is 0 Å². The quantitative estimate of drug-likeness (QED) is 0.634. The Hall–Kier alpha value is -0.0400. The van der Waals surface area contributed by atoms with Crippen molar-refractivity contribution in [2.75, 3.05) is 0 Å². The van der Waals surface area contributed by atoms with Crippen LogP contribution < -0.4 is 0 Å². The van der Waals surface area contributed by atoms with Crippen LogP contribution in [0.25, 0.3) is 0 Å². The van der Waals surface area contributed by atoms with Gasteiger partial charge < -0.3 is 0 Å². The minimum absolute atomic E-state index is 0.359. The lowest BCUT2D eigenvalue weighted by atomic mass is 10.0. The molecule has 1 nitrogen and oxygen atoms in total. The summed E-state index contributed by atoms with van der Waals surface area (Å²) in [5.74, 6) is 0. The molecule has 0 radical (unpaired) electrons. The summed E-state index contributed by atoms with van der Waals surface area (Å²) in [6, 6.07) is 1.68. The van der Waals surface area contributed by atoms with Crippen LogP contribution >= 0.6 is 0 Å². The van der Waals surface area contributed by atoms with Crippen LogP contribution in [0.1, 0.15) is 60.3 Å². The van der Waals surface area contributed by atoms with Crippen LogP contribution in [-0.2, 0) is 0 Å². The van der Waals surface area contributed by atoms with Gasteiger partial charge in [-0.2, -0.15) is 0 Å². The van der Waals surface area contributed by atoms with E-state index in [0.29, 0.717) is 5.54 Å². The van der Waals surface area contributed by atoms with Crippen LogP contribution in [0.15, 0.2) is 0 Å². The van der Waals surface area contributed by atoms with Crippen molar-refractivity contribution in [2.24, 2.45) is 0 Å². The van der Waals surface area contributed by atoms with E-state index in [9.17, 15) is 0 Å². The minimum atomic E-state index is 0.359. The average Bonchev–Trinajstić information content (AvgIpc) is 2.45. The van der Waals surface area contributed by atoms with Gasteiger partial charge in [-0.15, -0.1) is 0 Å². The third-order valence-corrected chi connectivity index (χ3v) is 3.34. The van der Waals surface area contributed by atoms with E-state index < -0.39 is 0 Å². The summed E-state index contributed by atoms with van der Waals surface area (Å²) in [5.41, 5.74) is 0.359. The van der Waals surface area contributed by atoms with Gasteiger partial charge in [0.05, 0.1) is 0 Å². The first-order valence-electron chi connectivity index (χ1n) is 5.79. The van der Waals surface area contributed by atoms with Crippen molar-refractivity contribution in [3.63, 3.8) is 0 Å². The van der Waals surface area contributed by atoms with E-state index >= 15 is 0 Å². The van der Waals surface area contributed by atoms with Gasteiger partial charge in [0.15, 0.2) is 0 Å². The van der Waals surface area contributed by atoms with Gasteiger partial charge in [0, 0.05) is 17.6 Å². The molecule has 2 unspecified atom stereocenters. The summed E-state index contributed by atoms with van der Waals surface area (Å²) in [4.78, 5) is 2.74. The zero-order valence-corrected chi connectivity index (χ0v) is 9.93. The van der Waals surface area contributed by atoms with Gasteiger partial charge >= 0.3 is 0 Å². The summed E-state index contributed by atoms with van der Waals surface area (Å²) in [6.45, 7) is 11.7. The number of nitrogens with zero attached hydrogens (tertiary/aromatic N) is 1. The van der Waals surface area contributed by atoms with Crippen molar-refractivity contribution >= 4 is 0 Å². The fraction of sp³-hybridized carbons (Fsp3) is 1.00. The predicted octanol–water partition coefficient (Wildman–Crippen LogP) is 3.44. The summed E-state index contributed by atoms with van der Waals surface area (Å²) >= 11 is 0. The molecule has 13 heavy (non-hydrogen) atoms. The first kappa shape index (κ1) is 11.0. The molecular weight excluding hydrogens is 158 g/mol. The smallest absolute Gasteiger partial charge is 0.0130 e. The van der Waals surface area contributed by atoms with Crippen LogP contribution in [0.5, 0.6) is 0 Å². The lowest BCUT2D eigenvalue weighted by Crippen LogP contribution is -2.48. The first-order valence-corrected chi connectivity index (χ1v) is 5.79. The van der Waals surface area contributed by atoms with Crippen molar-refractivity contribution in [2.45, 2.75) is 77.9 Å². The van der Waals surface area contributed by atoms with Crippen molar-refractivity contribution < 1.29 is 0 Å². The number of hydrogen-bond donors (Lipinski definition) is 0. The number of rotatable bonds is 2. The second-order valence-electron chi connectivity index (χ2n) is 5.28. The minimum Gasteiger partial charge on any atom is -0.293 e. The highest BCUT2D eigenvalue weighted by molar-refractivity contribution is 4.93. The van der Waals surface area contributed by atoms with Gasteiger partial charge in [-0.05, 0) is 46.5 Å². The maximum Gasteiger partial charge on any atom is 0.0130 e. The molecule has 78 valence electrons. The third-order valence-electron chi connectivity index (χ3n) is 3.34. The van der Waals surface area contributed by atoms with Crippen LogP contribution in [-0.4, -0.2) is 22.5 Å². The Kier molecular flexibility index (Phi) is 3.39. The number of likely N-dealkylation sites (tertiary alicyclic amines) is 1. The molecule has 1 fully saturated rings. The first-order chi connectivity index (χ1) is 6.00. The SMILES string of the molecule is CCC1CCC(CC)N1C(C)(C)C.